The number of nitrogens with one attached hydrogen (secondary N) is 2. The van der Waals surface area contributed by atoms with Crippen molar-refractivity contribution in [3.05, 3.63) is 0 Å². The van der Waals surface area contributed by atoms with Crippen molar-refractivity contribution in [3.63, 3.8) is 0 Å². The predicted octanol–water partition coefficient (Wildman–Crippen LogP) is -1.57. The van der Waals surface area contributed by atoms with Gasteiger partial charge in [0.25, 0.3) is 0 Å². The van der Waals surface area contributed by atoms with E-state index < -0.39 is 11.9 Å². The number of rotatable bonds is 12. The molecule has 0 aromatic rings. The molecule has 2 heterocycles. The Hall–Kier alpha value is -2.28. The van der Waals surface area contributed by atoms with Crippen molar-refractivity contribution in [2.75, 3.05) is 91.6 Å². The van der Waals surface area contributed by atoms with Gasteiger partial charge in [0.05, 0.1) is 26.2 Å². The number of carboxylic acid groups (broad SMARTS) is 2. The van der Waals surface area contributed by atoms with Gasteiger partial charge in [-0.25, -0.2) is 0 Å². The predicted molar refractivity (Wildman–Crippen MR) is 130 cm³/mol. The summed E-state index contributed by atoms with van der Waals surface area (Å²) in [5.74, 6) is -1.60. The van der Waals surface area contributed by atoms with Gasteiger partial charge in [0.2, 0.25) is 11.8 Å². The SMILES string of the molecule is CCCNC(=O)CNC(=O)CN1CCC(CN2CCN(CC(=O)O)CCN(CC(=O)O)CC2)CC1. The van der Waals surface area contributed by atoms with E-state index >= 15 is 0 Å². The van der Waals surface area contributed by atoms with Gasteiger partial charge in [-0.2, -0.15) is 0 Å². The summed E-state index contributed by atoms with van der Waals surface area (Å²) in [6.45, 7) is 9.10. The third-order valence-electron chi connectivity index (χ3n) is 6.52. The van der Waals surface area contributed by atoms with Gasteiger partial charge >= 0.3 is 11.9 Å². The van der Waals surface area contributed by atoms with Crippen LogP contribution in [0, 0.1) is 5.92 Å². The summed E-state index contributed by atoms with van der Waals surface area (Å²) in [5, 5.41) is 23.8. The molecule has 4 N–H and O–H groups in total. The average molecular weight is 499 g/mol. The lowest BCUT2D eigenvalue weighted by molar-refractivity contribution is -0.140. The zero-order valence-electron chi connectivity index (χ0n) is 20.9. The molecule has 35 heavy (non-hydrogen) atoms. The minimum Gasteiger partial charge on any atom is -0.480 e. The Labute approximate surface area is 207 Å². The first-order chi connectivity index (χ1) is 16.7. The molecule has 12 nitrogen and oxygen atoms in total. The van der Waals surface area contributed by atoms with Crippen LogP contribution < -0.4 is 10.6 Å². The van der Waals surface area contributed by atoms with Crippen molar-refractivity contribution in [2.45, 2.75) is 26.2 Å². The van der Waals surface area contributed by atoms with Crippen LogP contribution in [0.15, 0.2) is 0 Å². The highest BCUT2D eigenvalue weighted by Crippen LogP contribution is 2.18. The molecule has 0 aromatic heterocycles. The van der Waals surface area contributed by atoms with Crippen LogP contribution in [0.3, 0.4) is 0 Å². The van der Waals surface area contributed by atoms with E-state index in [2.05, 4.69) is 20.4 Å². The van der Waals surface area contributed by atoms with Crippen molar-refractivity contribution < 1.29 is 29.4 Å². The Balaban J connectivity index is 1.77. The van der Waals surface area contributed by atoms with Gasteiger partial charge in [0.1, 0.15) is 0 Å². The second kappa shape index (κ2) is 15.7. The van der Waals surface area contributed by atoms with Crippen LogP contribution in [0.1, 0.15) is 26.2 Å². The van der Waals surface area contributed by atoms with E-state index in [4.69, 9.17) is 0 Å². The normalized spacial score (nSPS) is 19.9. The molecular formula is C23H42N6O6. The first kappa shape index (κ1) is 29.0. The second-order valence-electron chi connectivity index (χ2n) is 9.49. The highest BCUT2D eigenvalue weighted by Gasteiger charge is 2.25. The number of nitrogens with zero attached hydrogens (tertiary/aromatic N) is 4. The highest BCUT2D eigenvalue weighted by atomic mass is 16.4. The molecule has 0 saturated carbocycles. The second-order valence-corrected chi connectivity index (χ2v) is 9.49. The molecule has 0 bridgehead atoms. The van der Waals surface area contributed by atoms with Crippen LogP contribution >= 0.6 is 0 Å². The van der Waals surface area contributed by atoms with Crippen molar-refractivity contribution in [3.8, 4) is 0 Å². The zero-order valence-corrected chi connectivity index (χ0v) is 20.9. The number of likely N-dealkylation sites (tertiary alicyclic amines) is 1. The van der Waals surface area contributed by atoms with Crippen LogP contribution in [0.4, 0.5) is 0 Å². The summed E-state index contributed by atoms with van der Waals surface area (Å²) in [6.07, 6.45) is 2.77. The molecule has 2 fully saturated rings. The minimum absolute atomic E-state index is 0.00203. The Morgan fingerprint density at radius 2 is 1.17 bits per heavy atom. The fraction of sp³-hybridized carbons (Fsp3) is 0.826. The number of carbonyl (C=O) groups excluding carboxylic acids is 2. The topological polar surface area (TPSA) is 146 Å². The Kier molecular flexibility index (Phi) is 13.0. The lowest BCUT2D eigenvalue weighted by atomic mass is 9.96. The number of carbonyl (C=O) groups is 4. The molecule has 0 aliphatic carbocycles. The fourth-order valence-electron chi connectivity index (χ4n) is 4.52. The molecule has 0 atom stereocenters. The minimum atomic E-state index is -0.876. The van der Waals surface area contributed by atoms with E-state index in [-0.39, 0.29) is 38.0 Å². The van der Waals surface area contributed by atoms with E-state index in [1.54, 1.807) is 0 Å². The summed E-state index contributed by atoms with van der Waals surface area (Å²) >= 11 is 0. The first-order valence-electron chi connectivity index (χ1n) is 12.6. The highest BCUT2D eigenvalue weighted by molar-refractivity contribution is 5.85. The van der Waals surface area contributed by atoms with Gasteiger partial charge < -0.3 is 25.7 Å². The van der Waals surface area contributed by atoms with Crippen molar-refractivity contribution in [1.82, 2.24) is 30.2 Å². The lowest BCUT2D eigenvalue weighted by Gasteiger charge is -2.35. The third-order valence-corrected chi connectivity index (χ3v) is 6.52. The zero-order chi connectivity index (χ0) is 25.6. The number of carboxylic acids is 2. The number of amides is 2. The summed E-state index contributed by atoms with van der Waals surface area (Å²) in [7, 11) is 0. The fourth-order valence-corrected chi connectivity index (χ4v) is 4.52. The number of hydrogen-bond donors (Lipinski definition) is 4. The van der Waals surface area contributed by atoms with E-state index in [0.717, 1.165) is 52.0 Å². The number of piperidine rings is 1. The number of hydrogen-bond acceptors (Lipinski definition) is 8. The smallest absolute Gasteiger partial charge is 0.317 e. The van der Waals surface area contributed by atoms with E-state index in [1.165, 1.54) is 0 Å². The third kappa shape index (κ3) is 12.3. The molecule has 0 radical (unpaired) electrons. The molecule has 2 aliphatic rings. The molecule has 2 amide bonds. The molecule has 2 aliphatic heterocycles. The van der Waals surface area contributed by atoms with Gasteiger partial charge in [-0.1, -0.05) is 6.92 Å². The van der Waals surface area contributed by atoms with Crippen LogP contribution in [0.5, 0.6) is 0 Å². The van der Waals surface area contributed by atoms with Crippen LogP contribution in [0.25, 0.3) is 0 Å². The molecule has 0 aromatic carbocycles. The van der Waals surface area contributed by atoms with E-state index in [9.17, 15) is 29.4 Å². The average Bonchev–Trinajstić information content (AvgIpc) is 2.89. The Bertz CT molecular complexity index is 672. The lowest BCUT2D eigenvalue weighted by Crippen LogP contribution is -2.46. The van der Waals surface area contributed by atoms with Gasteiger partial charge in [-0.3, -0.25) is 33.9 Å². The summed E-state index contributed by atoms with van der Waals surface area (Å²) in [4.78, 5) is 54.4. The van der Waals surface area contributed by atoms with Gasteiger partial charge in [-0.05, 0) is 38.3 Å². The largest absolute Gasteiger partial charge is 0.480 e. The molecule has 12 heteroatoms. The van der Waals surface area contributed by atoms with Crippen molar-refractivity contribution >= 4 is 23.8 Å². The van der Waals surface area contributed by atoms with Crippen LogP contribution in [0.2, 0.25) is 0 Å². The van der Waals surface area contributed by atoms with Crippen molar-refractivity contribution in [2.24, 2.45) is 5.92 Å². The summed E-state index contributed by atoms with van der Waals surface area (Å²) < 4.78 is 0. The van der Waals surface area contributed by atoms with Crippen LogP contribution in [-0.4, -0.2) is 145 Å². The van der Waals surface area contributed by atoms with Crippen LogP contribution in [-0.2, 0) is 19.2 Å². The number of aliphatic carboxylic acids is 2. The maximum atomic E-state index is 12.2. The molecule has 200 valence electrons. The molecular weight excluding hydrogens is 456 g/mol. The monoisotopic (exact) mass is 498 g/mol. The van der Waals surface area contributed by atoms with Crippen molar-refractivity contribution in [1.29, 1.82) is 0 Å². The summed E-state index contributed by atoms with van der Waals surface area (Å²) in [6, 6.07) is 0. The molecule has 0 spiro atoms. The standard InChI is InChI=1S/C23H42N6O6/c1-2-5-24-20(30)14-25-21(31)16-26-6-3-19(4-7-26)15-27-8-10-28(17-22(32)33)12-13-29(11-9-27)18-23(34)35/h19H,2-18H2,1H3,(H,24,30)(H,25,31)(H,32,33)(H,34,35). The molecule has 0 unspecified atom stereocenters. The van der Waals surface area contributed by atoms with E-state index in [0.29, 0.717) is 38.6 Å². The summed E-state index contributed by atoms with van der Waals surface area (Å²) in [5.41, 5.74) is 0. The Morgan fingerprint density at radius 3 is 1.66 bits per heavy atom. The molecule has 2 rings (SSSR count). The maximum Gasteiger partial charge on any atom is 0.317 e. The van der Waals surface area contributed by atoms with Gasteiger partial charge in [-0.15, -0.1) is 0 Å². The maximum absolute atomic E-state index is 12.2. The first-order valence-corrected chi connectivity index (χ1v) is 12.6. The van der Waals surface area contributed by atoms with Gasteiger partial charge in [0, 0.05) is 52.4 Å². The van der Waals surface area contributed by atoms with E-state index in [1.807, 2.05) is 16.7 Å². The molecule has 2 saturated heterocycles. The Morgan fingerprint density at radius 1 is 0.686 bits per heavy atom. The van der Waals surface area contributed by atoms with Gasteiger partial charge in [0.15, 0.2) is 0 Å². The quantitative estimate of drug-likeness (QED) is 0.249.